The van der Waals surface area contributed by atoms with Gasteiger partial charge in [-0.05, 0) is 30.2 Å². The third-order valence-corrected chi connectivity index (χ3v) is 3.73. The van der Waals surface area contributed by atoms with Crippen LogP contribution in [0.3, 0.4) is 0 Å². The van der Waals surface area contributed by atoms with E-state index in [4.69, 9.17) is 0 Å². The maximum absolute atomic E-state index is 4.57. The summed E-state index contributed by atoms with van der Waals surface area (Å²) >= 11 is 0. The van der Waals surface area contributed by atoms with E-state index in [9.17, 15) is 0 Å². The van der Waals surface area contributed by atoms with Gasteiger partial charge >= 0.3 is 0 Å². The molecule has 0 aliphatic rings. The number of aryl methyl sites for hydroxylation is 1. The first kappa shape index (κ1) is 14.9. The van der Waals surface area contributed by atoms with Gasteiger partial charge in [-0.15, -0.1) is 0 Å². The zero-order chi connectivity index (χ0) is 13.9. The molecule has 1 heterocycles. The summed E-state index contributed by atoms with van der Waals surface area (Å²) in [6.07, 6.45) is 0. The molecular weight excluding hydrogens is 222 g/mol. The van der Waals surface area contributed by atoms with Crippen molar-refractivity contribution in [1.29, 1.82) is 0 Å². The van der Waals surface area contributed by atoms with Crippen LogP contribution in [0.25, 0.3) is 0 Å². The van der Waals surface area contributed by atoms with Gasteiger partial charge < -0.3 is 5.32 Å². The standard InChI is InChI=1S/C15H27N3/c1-10(2)13-8-12(5)17-14(18-13)16-9-15(6,7)11(3)4/h8,10-11H,9H2,1-7H3,(H,16,17,18). The average Bonchev–Trinajstić information content (AvgIpc) is 2.25. The van der Waals surface area contributed by atoms with Crippen LogP contribution >= 0.6 is 0 Å². The van der Waals surface area contributed by atoms with E-state index in [0.717, 1.165) is 23.9 Å². The summed E-state index contributed by atoms with van der Waals surface area (Å²) in [7, 11) is 0. The van der Waals surface area contributed by atoms with Crippen LogP contribution in [0.4, 0.5) is 5.95 Å². The second-order valence-corrected chi connectivity index (χ2v) is 6.41. The minimum Gasteiger partial charge on any atom is -0.354 e. The van der Waals surface area contributed by atoms with E-state index in [0.29, 0.717) is 11.8 Å². The maximum Gasteiger partial charge on any atom is 0.223 e. The first-order valence-electron chi connectivity index (χ1n) is 6.82. The van der Waals surface area contributed by atoms with Crippen LogP contribution in [0.5, 0.6) is 0 Å². The molecule has 0 aliphatic carbocycles. The molecule has 0 saturated heterocycles. The Balaban J connectivity index is 2.79. The molecule has 1 rings (SSSR count). The summed E-state index contributed by atoms with van der Waals surface area (Å²) in [5.74, 6) is 1.82. The van der Waals surface area contributed by atoms with E-state index >= 15 is 0 Å². The van der Waals surface area contributed by atoms with Crippen LogP contribution < -0.4 is 5.32 Å². The number of hydrogen-bond donors (Lipinski definition) is 1. The number of aromatic nitrogens is 2. The van der Waals surface area contributed by atoms with Crippen molar-refractivity contribution < 1.29 is 0 Å². The van der Waals surface area contributed by atoms with Crippen LogP contribution in [0.2, 0.25) is 0 Å². The molecule has 0 atom stereocenters. The normalized spacial score (nSPS) is 12.3. The summed E-state index contributed by atoms with van der Waals surface area (Å²) in [4.78, 5) is 9.03. The van der Waals surface area contributed by atoms with E-state index in [1.54, 1.807) is 0 Å². The lowest BCUT2D eigenvalue weighted by atomic mass is 9.81. The number of rotatable bonds is 5. The molecule has 0 spiro atoms. The van der Waals surface area contributed by atoms with Crippen LogP contribution in [0.1, 0.15) is 58.8 Å². The fourth-order valence-electron chi connectivity index (χ4n) is 1.48. The third-order valence-electron chi connectivity index (χ3n) is 3.73. The molecule has 0 aliphatic heterocycles. The number of nitrogens with one attached hydrogen (secondary N) is 1. The molecule has 0 aromatic carbocycles. The van der Waals surface area contributed by atoms with E-state index in [1.807, 2.05) is 6.92 Å². The zero-order valence-electron chi connectivity index (χ0n) is 12.8. The highest BCUT2D eigenvalue weighted by atomic mass is 15.1. The second-order valence-electron chi connectivity index (χ2n) is 6.41. The van der Waals surface area contributed by atoms with Crippen molar-refractivity contribution >= 4 is 5.95 Å². The average molecular weight is 249 g/mol. The summed E-state index contributed by atoms with van der Waals surface area (Å²) in [5.41, 5.74) is 2.37. The first-order chi connectivity index (χ1) is 8.22. The Morgan fingerprint density at radius 3 is 2.28 bits per heavy atom. The highest BCUT2D eigenvalue weighted by Gasteiger charge is 2.22. The molecule has 0 fully saturated rings. The van der Waals surface area contributed by atoms with Gasteiger partial charge in [0.05, 0.1) is 0 Å². The summed E-state index contributed by atoms with van der Waals surface area (Å²) in [6, 6.07) is 2.06. The molecule has 0 bridgehead atoms. The molecule has 0 unspecified atom stereocenters. The van der Waals surface area contributed by atoms with Gasteiger partial charge in [-0.1, -0.05) is 41.5 Å². The number of nitrogens with zero attached hydrogens (tertiary/aromatic N) is 2. The molecule has 18 heavy (non-hydrogen) atoms. The minimum atomic E-state index is 0.241. The van der Waals surface area contributed by atoms with Crippen molar-refractivity contribution in [3.05, 3.63) is 17.5 Å². The van der Waals surface area contributed by atoms with Crippen molar-refractivity contribution in [3.63, 3.8) is 0 Å². The molecule has 3 nitrogen and oxygen atoms in total. The van der Waals surface area contributed by atoms with Crippen LogP contribution in [-0.4, -0.2) is 16.5 Å². The second kappa shape index (κ2) is 5.68. The highest BCUT2D eigenvalue weighted by molar-refractivity contribution is 5.29. The highest BCUT2D eigenvalue weighted by Crippen LogP contribution is 2.26. The van der Waals surface area contributed by atoms with Gasteiger partial charge in [-0.2, -0.15) is 0 Å². The predicted octanol–water partition coefficient (Wildman–Crippen LogP) is 4.00. The molecule has 1 aromatic rings. The summed E-state index contributed by atoms with van der Waals surface area (Å²) in [5, 5.41) is 3.38. The van der Waals surface area contributed by atoms with E-state index in [1.165, 1.54) is 0 Å². The first-order valence-corrected chi connectivity index (χ1v) is 6.82. The van der Waals surface area contributed by atoms with Gasteiger partial charge in [0.25, 0.3) is 0 Å². The summed E-state index contributed by atoms with van der Waals surface area (Å²) < 4.78 is 0. The number of hydrogen-bond acceptors (Lipinski definition) is 3. The van der Waals surface area contributed by atoms with Crippen molar-refractivity contribution in [2.75, 3.05) is 11.9 Å². The minimum absolute atomic E-state index is 0.241. The molecule has 3 heteroatoms. The molecule has 102 valence electrons. The van der Waals surface area contributed by atoms with Crippen LogP contribution in [0, 0.1) is 18.3 Å². The molecule has 1 aromatic heterocycles. The monoisotopic (exact) mass is 249 g/mol. The summed E-state index contributed by atoms with van der Waals surface area (Å²) in [6.45, 7) is 16.3. The van der Waals surface area contributed by atoms with Gasteiger partial charge in [0.2, 0.25) is 5.95 Å². The van der Waals surface area contributed by atoms with Gasteiger partial charge in [0.15, 0.2) is 0 Å². The third kappa shape index (κ3) is 3.97. The van der Waals surface area contributed by atoms with Gasteiger partial charge in [-0.25, -0.2) is 9.97 Å². The SMILES string of the molecule is Cc1cc(C(C)C)nc(NCC(C)(C)C(C)C)n1. The van der Waals surface area contributed by atoms with Gasteiger partial charge in [0, 0.05) is 17.9 Å². The van der Waals surface area contributed by atoms with E-state index in [-0.39, 0.29) is 5.41 Å². The lowest BCUT2D eigenvalue weighted by Crippen LogP contribution is -2.29. The van der Waals surface area contributed by atoms with Gasteiger partial charge in [0.1, 0.15) is 0 Å². The van der Waals surface area contributed by atoms with E-state index in [2.05, 4.69) is 62.9 Å². The van der Waals surface area contributed by atoms with Crippen molar-refractivity contribution in [1.82, 2.24) is 9.97 Å². The Hall–Kier alpha value is -1.12. The Morgan fingerprint density at radius 1 is 1.17 bits per heavy atom. The molecule has 1 N–H and O–H groups in total. The number of anilines is 1. The lowest BCUT2D eigenvalue weighted by Gasteiger charge is -2.29. The molecule has 0 saturated carbocycles. The van der Waals surface area contributed by atoms with E-state index < -0.39 is 0 Å². The Labute approximate surface area is 111 Å². The van der Waals surface area contributed by atoms with Crippen molar-refractivity contribution in [3.8, 4) is 0 Å². The quantitative estimate of drug-likeness (QED) is 0.857. The Bertz CT molecular complexity index is 395. The zero-order valence-corrected chi connectivity index (χ0v) is 12.8. The maximum atomic E-state index is 4.57. The van der Waals surface area contributed by atoms with Crippen LogP contribution in [-0.2, 0) is 0 Å². The van der Waals surface area contributed by atoms with Crippen LogP contribution in [0.15, 0.2) is 6.07 Å². The molecule has 0 radical (unpaired) electrons. The largest absolute Gasteiger partial charge is 0.354 e. The lowest BCUT2D eigenvalue weighted by molar-refractivity contribution is 0.269. The Morgan fingerprint density at radius 2 is 1.78 bits per heavy atom. The Kier molecular flexibility index (Phi) is 4.71. The fourth-order valence-corrected chi connectivity index (χ4v) is 1.48. The van der Waals surface area contributed by atoms with Gasteiger partial charge in [-0.3, -0.25) is 0 Å². The smallest absolute Gasteiger partial charge is 0.223 e. The predicted molar refractivity (Wildman–Crippen MR) is 78.0 cm³/mol. The van der Waals surface area contributed by atoms with Crippen molar-refractivity contribution in [2.45, 2.75) is 54.4 Å². The molecule has 0 amide bonds. The fraction of sp³-hybridized carbons (Fsp3) is 0.733. The van der Waals surface area contributed by atoms with Crippen molar-refractivity contribution in [2.24, 2.45) is 11.3 Å². The molecular formula is C15H27N3. The topological polar surface area (TPSA) is 37.8 Å².